The predicted octanol–water partition coefficient (Wildman–Crippen LogP) is 3.41. The van der Waals surface area contributed by atoms with Gasteiger partial charge in [0.1, 0.15) is 0 Å². The van der Waals surface area contributed by atoms with Gasteiger partial charge in [-0.2, -0.15) is 0 Å². The summed E-state index contributed by atoms with van der Waals surface area (Å²) < 4.78 is 10.4. The Morgan fingerprint density at radius 2 is 2.08 bits per heavy atom. The van der Waals surface area contributed by atoms with Gasteiger partial charge in [0.05, 0.1) is 13.2 Å². The van der Waals surface area contributed by atoms with Gasteiger partial charge in [-0.15, -0.1) is 24.0 Å². The van der Waals surface area contributed by atoms with E-state index in [-0.39, 0.29) is 24.0 Å². The van der Waals surface area contributed by atoms with E-state index < -0.39 is 0 Å². The molecule has 138 valence electrons. The Morgan fingerprint density at radius 3 is 2.75 bits per heavy atom. The lowest BCUT2D eigenvalue weighted by Crippen LogP contribution is -2.38. The Kier molecular flexibility index (Phi) is 14.4. The fourth-order valence-electron chi connectivity index (χ4n) is 2.05. The van der Waals surface area contributed by atoms with E-state index in [9.17, 15) is 0 Å². The summed E-state index contributed by atoms with van der Waals surface area (Å²) >= 11 is 6.04. The van der Waals surface area contributed by atoms with E-state index >= 15 is 0 Å². The zero-order chi connectivity index (χ0) is 16.9. The molecule has 0 amide bonds. The van der Waals surface area contributed by atoms with E-state index in [1.165, 1.54) is 0 Å². The van der Waals surface area contributed by atoms with Crippen LogP contribution >= 0.6 is 35.6 Å². The minimum Gasteiger partial charge on any atom is -0.382 e. The van der Waals surface area contributed by atoms with Gasteiger partial charge in [0.15, 0.2) is 5.96 Å². The molecule has 7 heteroatoms. The van der Waals surface area contributed by atoms with Crippen molar-refractivity contribution >= 4 is 41.5 Å². The Labute approximate surface area is 167 Å². The van der Waals surface area contributed by atoms with E-state index in [0.717, 1.165) is 42.6 Å². The van der Waals surface area contributed by atoms with Crippen LogP contribution in [-0.2, 0) is 16.0 Å². The molecular formula is C17H29ClIN3O2. The molecule has 0 aliphatic rings. The quantitative estimate of drug-likeness (QED) is 0.247. The van der Waals surface area contributed by atoms with Crippen LogP contribution < -0.4 is 5.32 Å². The maximum absolute atomic E-state index is 6.04. The SMILES string of the molecule is CCNC(=NCCCOCCOC)N(C)Cc1cccc(Cl)c1.I. The van der Waals surface area contributed by atoms with Gasteiger partial charge in [-0.05, 0) is 31.0 Å². The van der Waals surface area contributed by atoms with Gasteiger partial charge in [0.25, 0.3) is 0 Å². The molecule has 1 aromatic rings. The molecule has 0 saturated heterocycles. The fraction of sp³-hybridized carbons (Fsp3) is 0.588. The summed E-state index contributed by atoms with van der Waals surface area (Å²) in [6.07, 6.45) is 0.892. The Hall–Kier alpha value is -0.570. The molecule has 0 aliphatic heterocycles. The summed E-state index contributed by atoms with van der Waals surface area (Å²) in [6, 6.07) is 7.89. The lowest BCUT2D eigenvalue weighted by molar-refractivity contribution is 0.0702. The van der Waals surface area contributed by atoms with Crippen LogP contribution in [0.4, 0.5) is 0 Å². The molecule has 5 nitrogen and oxygen atoms in total. The van der Waals surface area contributed by atoms with E-state index in [2.05, 4.69) is 28.2 Å². The Bertz CT molecular complexity index is 475. The van der Waals surface area contributed by atoms with Crippen molar-refractivity contribution in [3.8, 4) is 0 Å². The van der Waals surface area contributed by atoms with Crippen LogP contribution in [0, 0.1) is 0 Å². The minimum atomic E-state index is 0. The number of nitrogens with one attached hydrogen (secondary N) is 1. The summed E-state index contributed by atoms with van der Waals surface area (Å²) in [5.41, 5.74) is 1.16. The molecule has 0 bridgehead atoms. The van der Waals surface area contributed by atoms with Crippen molar-refractivity contribution in [1.82, 2.24) is 10.2 Å². The number of benzene rings is 1. The topological polar surface area (TPSA) is 46.1 Å². The third-order valence-electron chi connectivity index (χ3n) is 3.15. The molecule has 24 heavy (non-hydrogen) atoms. The number of nitrogens with zero attached hydrogens (tertiary/aromatic N) is 2. The molecule has 0 aromatic heterocycles. The first kappa shape index (κ1) is 23.4. The van der Waals surface area contributed by atoms with Crippen molar-refractivity contribution in [2.75, 3.05) is 47.1 Å². The molecule has 0 aliphatic carbocycles. The highest BCUT2D eigenvalue weighted by Crippen LogP contribution is 2.12. The maximum Gasteiger partial charge on any atom is 0.193 e. The Balaban J connectivity index is 0.00000529. The first-order chi connectivity index (χ1) is 11.2. The standard InChI is InChI=1S/C17H28ClN3O2.HI/c1-4-19-17(20-9-6-10-23-12-11-22-3)21(2)14-15-7-5-8-16(18)13-15;/h5,7-8,13H,4,6,9-12,14H2,1-3H3,(H,19,20);1H. The second-order valence-corrected chi connectivity index (χ2v) is 5.62. The van der Waals surface area contributed by atoms with Gasteiger partial charge in [0, 0.05) is 45.4 Å². The molecule has 1 rings (SSSR count). The van der Waals surface area contributed by atoms with Crippen LogP contribution in [0.2, 0.25) is 5.02 Å². The Morgan fingerprint density at radius 1 is 1.29 bits per heavy atom. The van der Waals surface area contributed by atoms with Gasteiger partial charge in [-0.1, -0.05) is 23.7 Å². The van der Waals surface area contributed by atoms with Crippen molar-refractivity contribution in [3.63, 3.8) is 0 Å². The van der Waals surface area contributed by atoms with Gasteiger partial charge >= 0.3 is 0 Å². The molecule has 1 N–H and O–H groups in total. The molecule has 0 radical (unpaired) electrons. The smallest absolute Gasteiger partial charge is 0.193 e. The van der Waals surface area contributed by atoms with Gasteiger partial charge in [0.2, 0.25) is 0 Å². The van der Waals surface area contributed by atoms with Gasteiger partial charge in [-0.25, -0.2) is 0 Å². The highest BCUT2D eigenvalue weighted by molar-refractivity contribution is 14.0. The predicted molar refractivity (Wildman–Crippen MR) is 112 cm³/mol. The van der Waals surface area contributed by atoms with Crippen LogP contribution in [0.1, 0.15) is 18.9 Å². The number of aliphatic imine (C=N–C) groups is 1. The number of hydrogen-bond donors (Lipinski definition) is 1. The summed E-state index contributed by atoms with van der Waals surface area (Å²) in [5.74, 6) is 0.893. The molecule has 0 spiro atoms. The molecule has 0 saturated carbocycles. The number of methoxy groups -OCH3 is 1. The summed E-state index contributed by atoms with van der Waals surface area (Å²) in [5, 5.41) is 4.07. The molecule has 1 aromatic carbocycles. The number of guanidine groups is 1. The highest BCUT2D eigenvalue weighted by atomic mass is 127. The van der Waals surface area contributed by atoms with Gasteiger partial charge < -0.3 is 19.7 Å². The number of ether oxygens (including phenoxy) is 2. The van der Waals surface area contributed by atoms with Crippen molar-refractivity contribution in [1.29, 1.82) is 0 Å². The van der Waals surface area contributed by atoms with Crippen LogP contribution in [0.15, 0.2) is 29.3 Å². The lowest BCUT2D eigenvalue weighted by Gasteiger charge is -2.22. The van der Waals surface area contributed by atoms with E-state index in [1.807, 2.05) is 25.2 Å². The second-order valence-electron chi connectivity index (χ2n) is 5.18. The summed E-state index contributed by atoms with van der Waals surface area (Å²) in [6.45, 7) is 6.36. The fourth-order valence-corrected chi connectivity index (χ4v) is 2.26. The number of hydrogen-bond acceptors (Lipinski definition) is 3. The third-order valence-corrected chi connectivity index (χ3v) is 3.38. The van der Waals surface area contributed by atoms with Crippen LogP contribution in [-0.4, -0.2) is 57.9 Å². The van der Waals surface area contributed by atoms with E-state index in [4.69, 9.17) is 21.1 Å². The minimum absolute atomic E-state index is 0. The number of rotatable bonds is 10. The van der Waals surface area contributed by atoms with Crippen molar-refractivity contribution in [3.05, 3.63) is 34.9 Å². The van der Waals surface area contributed by atoms with Crippen LogP contribution in [0.25, 0.3) is 0 Å². The zero-order valence-electron chi connectivity index (χ0n) is 14.8. The summed E-state index contributed by atoms with van der Waals surface area (Å²) in [4.78, 5) is 6.74. The normalized spacial score (nSPS) is 11.1. The molecule has 0 fully saturated rings. The molecular weight excluding hydrogens is 441 g/mol. The highest BCUT2D eigenvalue weighted by Gasteiger charge is 2.06. The molecule has 0 unspecified atom stereocenters. The lowest BCUT2D eigenvalue weighted by atomic mass is 10.2. The van der Waals surface area contributed by atoms with E-state index in [1.54, 1.807) is 7.11 Å². The monoisotopic (exact) mass is 469 g/mol. The van der Waals surface area contributed by atoms with Crippen LogP contribution in [0.5, 0.6) is 0 Å². The van der Waals surface area contributed by atoms with Crippen molar-refractivity contribution in [2.45, 2.75) is 19.9 Å². The summed E-state index contributed by atoms with van der Waals surface area (Å²) in [7, 11) is 3.70. The average molecular weight is 470 g/mol. The van der Waals surface area contributed by atoms with Crippen LogP contribution in [0.3, 0.4) is 0 Å². The third kappa shape index (κ3) is 10.3. The largest absolute Gasteiger partial charge is 0.382 e. The van der Waals surface area contributed by atoms with Gasteiger partial charge in [-0.3, -0.25) is 4.99 Å². The maximum atomic E-state index is 6.04. The first-order valence-electron chi connectivity index (χ1n) is 7.98. The first-order valence-corrected chi connectivity index (χ1v) is 8.35. The zero-order valence-corrected chi connectivity index (χ0v) is 17.8. The molecule has 0 heterocycles. The second kappa shape index (κ2) is 14.7. The number of halogens is 2. The van der Waals surface area contributed by atoms with E-state index in [0.29, 0.717) is 19.8 Å². The molecule has 0 atom stereocenters. The van der Waals surface area contributed by atoms with Crippen molar-refractivity contribution in [2.24, 2.45) is 4.99 Å². The van der Waals surface area contributed by atoms with Crippen molar-refractivity contribution < 1.29 is 9.47 Å². The average Bonchev–Trinajstić information content (AvgIpc) is 2.53.